The number of hydrogen-bond donors (Lipinski definition) is 3. The average Bonchev–Trinajstić information content (AvgIpc) is 2.28. The first-order valence-electron chi connectivity index (χ1n) is 6.25. The van der Waals surface area contributed by atoms with Crippen LogP contribution in [-0.4, -0.2) is 17.2 Å². The van der Waals surface area contributed by atoms with Crippen LogP contribution < -0.4 is 10.6 Å². The van der Waals surface area contributed by atoms with Crippen molar-refractivity contribution in [1.29, 1.82) is 0 Å². The third kappa shape index (κ3) is 4.37. The fraction of sp³-hybridized carbons (Fsp3) is 0.500. The van der Waals surface area contributed by atoms with E-state index < -0.39 is 6.10 Å². The summed E-state index contributed by atoms with van der Waals surface area (Å²) in [5.41, 5.74) is 1.46. The molecule has 2 atom stereocenters. The molecule has 0 aliphatic carbocycles. The number of carbonyl (C=O) groups is 1. The van der Waals surface area contributed by atoms with Gasteiger partial charge in [-0.05, 0) is 37.5 Å². The molecule has 0 spiro atoms. The molecule has 4 heteroatoms. The van der Waals surface area contributed by atoms with Crippen molar-refractivity contribution >= 4 is 11.7 Å². The van der Waals surface area contributed by atoms with Crippen LogP contribution in [0, 0.1) is 5.92 Å². The Kier molecular flexibility index (Phi) is 5.16. The molecule has 1 rings (SSSR count). The van der Waals surface area contributed by atoms with Gasteiger partial charge >= 0.3 is 6.03 Å². The summed E-state index contributed by atoms with van der Waals surface area (Å²) < 4.78 is 0. The lowest BCUT2D eigenvalue weighted by Gasteiger charge is -2.18. The summed E-state index contributed by atoms with van der Waals surface area (Å²) >= 11 is 0. The van der Waals surface area contributed by atoms with Gasteiger partial charge in [0.1, 0.15) is 0 Å². The predicted octanol–water partition coefficient (Wildman–Crippen LogP) is 2.91. The van der Waals surface area contributed by atoms with Gasteiger partial charge in [0.15, 0.2) is 0 Å². The highest BCUT2D eigenvalue weighted by Crippen LogP contribution is 2.16. The zero-order valence-corrected chi connectivity index (χ0v) is 11.4. The van der Waals surface area contributed by atoms with Crippen LogP contribution >= 0.6 is 0 Å². The van der Waals surface area contributed by atoms with E-state index in [0.717, 1.165) is 5.56 Å². The number of amides is 2. The zero-order valence-electron chi connectivity index (χ0n) is 11.4. The van der Waals surface area contributed by atoms with E-state index in [-0.39, 0.29) is 12.1 Å². The maximum absolute atomic E-state index is 11.7. The molecule has 1 aromatic rings. The largest absolute Gasteiger partial charge is 0.389 e. The Labute approximate surface area is 108 Å². The summed E-state index contributed by atoms with van der Waals surface area (Å²) in [7, 11) is 0. The molecule has 0 fully saturated rings. The quantitative estimate of drug-likeness (QED) is 0.769. The molecular weight excluding hydrogens is 228 g/mol. The third-order valence-corrected chi connectivity index (χ3v) is 2.99. The van der Waals surface area contributed by atoms with Crippen molar-refractivity contribution in [1.82, 2.24) is 5.32 Å². The molecule has 0 saturated carbocycles. The van der Waals surface area contributed by atoms with E-state index in [9.17, 15) is 9.90 Å². The van der Waals surface area contributed by atoms with Crippen LogP contribution in [0.4, 0.5) is 10.5 Å². The van der Waals surface area contributed by atoms with Gasteiger partial charge in [0.25, 0.3) is 0 Å². The lowest BCUT2D eigenvalue weighted by molar-refractivity contribution is 0.199. The monoisotopic (exact) mass is 250 g/mol. The summed E-state index contributed by atoms with van der Waals surface area (Å²) in [5, 5.41) is 15.1. The molecule has 1 aromatic carbocycles. The number of benzene rings is 1. The van der Waals surface area contributed by atoms with Crippen LogP contribution in [0.15, 0.2) is 24.3 Å². The third-order valence-electron chi connectivity index (χ3n) is 2.99. The fourth-order valence-electron chi connectivity index (χ4n) is 1.42. The Morgan fingerprint density at radius 1 is 1.22 bits per heavy atom. The second-order valence-corrected chi connectivity index (χ2v) is 4.93. The molecule has 0 heterocycles. The second-order valence-electron chi connectivity index (χ2n) is 4.93. The fourth-order valence-corrected chi connectivity index (χ4v) is 1.42. The average molecular weight is 250 g/mol. The van der Waals surface area contributed by atoms with Gasteiger partial charge in [-0.1, -0.05) is 26.0 Å². The first-order chi connectivity index (χ1) is 8.40. The number of nitrogens with one attached hydrogen (secondary N) is 2. The molecule has 3 N–H and O–H groups in total. The van der Waals surface area contributed by atoms with Crippen LogP contribution in [0.3, 0.4) is 0 Å². The Hall–Kier alpha value is -1.55. The van der Waals surface area contributed by atoms with E-state index >= 15 is 0 Å². The molecule has 18 heavy (non-hydrogen) atoms. The van der Waals surface area contributed by atoms with E-state index in [1.54, 1.807) is 19.1 Å². The summed E-state index contributed by atoms with van der Waals surface area (Å²) in [5.74, 6) is 0.388. The summed E-state index contributed by atoms with van der Waals surface area (Å²) in [4.78, 5) is 11.7. The summed E-state index contributed by atoms with van der Waals surface area (Å²) in [6.07, 6.45) is -0.538. The summed E-state index contributed by atoms with van der Waals surface area (Å²) in [6, 6.07) is 7.09. The molecule has 2 unspecified atom stereocenters. The van der Waals surface area contributed by atoms with Gasteiger partial charge in [-0.15, -0.1) is 0 Å². The minimum Gasteiger partial charge on any atom is -0.389 e. The maximum atomic E-state index is 11.7. The van der Waals surface area contributed by atoms with Crippen LogP contribution in [0.25, 0.3) is 0 Å². The van der Waals surface area contributed by atoms with E-state index in [4.69, 9.17) is 0 Å². The molecule has 2 amide bonds. The standard InChI is InChI=1S/C14H22N2O2/c1-9(2)10(3)15-14(18)16-13-7-5-6-12(8-13)11(4)17/h5-11,17H,1-4H3,(H2,15,16,18). The van der Waals surface area contributed by atoms with Gasteiger partial charge in [0, 0.05) is 11.7 Å². The molecule has 0 aliphatic heterocycles. The molecule has 0 aliphatic rings. The highest BCUT2D eigenvalue weighted by Gasteiger charge is 2.11. The lowest BCUT2D eigenvalue weighted by Crippen LogP contribution is -2.39. The van der Waals surface area contributed by atoms with Gasteiger partial charge in [-0.25, -0.2) is 4.79 Å². The molecule has 0 bridgehead atoms. The van der Waals surface area contributed by atoms with Crippen molar-refractivity contribution in [3.63, 3.8) is 0 Å². The van der Waals surface area contributed by atoms with Crippen molar-refractivity contribution in [3.8, 4) is 0 Å². The number of anilines is 1. The number of hydrogen-bond acceptors (Lipinski definition) is 2. The zero-order chi connectivity index (χ0) is 13.7. The van der Waals surface area contributed by atoms with Crippen molar-refractivity contribution < 1.29 is 9.90 Å². The van der Waals surface area contributed by atoms with Gasteiger partial charge in [-0.2, -0.15) is 0 Å². The number of aliphatic hydroxyl groups is 1. The van der Waals surface area contributed by atoms with E-state index in [0.29, 0.717) is 11.6 Å². The minimum absolute atomic E-state index is 0.116. The van der Waals surface area contributed by atoms with Crippen molar-refractivity contribution in [2.75, 3.05) is 5.32 Å². The summed E-state index contributed by atoms with van der Waals surface area (Å²) in [6.45, 7) is 7.77. The van der Waals surface area contributed by atoms with Crippen molar-refractivity contribution in [3.05, 3.63) is 29.8 Å². The van der Waals surface area contributed by atoms with E-state index in [1.807, 2.05) is 19.1 Å². The van der Waals surface area contributed by atoms with E-state index in [1.165, 1.54) is 0 Å². The van der Waals surface area contributed by atoms with Gasteiger partial charge < -0.3 is 15.7 Å². The number of urea groups is 1. The topological polar surface area (TPSA) is 61.4 Å². The van der Waals surface area contributed by atoms with Crippen molar-refractivity contribution in [2.24, 2.45) is 5.92 Å². The number of rotatable bonds is 4. The Balaban J connectivity index is 2.62. The molecule has 0 saturated heterocycles. The lowest BCUT2D eigenvalue weighted by atomic mass is 10.1. The Bertz CT molecular complexity index is 403. The highest BCUT2D eigenvalue weighted by atomic mass is 16.3. The van der Waals surface area contributed by atoms with Crippen molar-refractivity contribution in [2.45, 2.75) is 39.8 Å². The van der Waals surface area contributed by atoms with E-state index in [2.05, 4.69) is 24.5 Å². The predicted molar refractivity (Wildman–Crippen MR) is 73.5 cm³/mol. The molecular formula is C14H22N2O2. The smallest absolute Gasteiger partial charge is 0.319 e. The maximum Gasteiger partial charge on any atom is 0.319 e. The Morgan fingerprint density at radius 3 is 2.44 bits per heavy atom. The number of aliphatic hydroxyl groups excluding tert-OH is 1. The SMILES string of the molecule is CC(O)c1cccc(NC(=O)NC(C)C(C)C)c1. The first-order valence-corrected chi connectivity index (χ1v) is 6.25. The molecule has 0 aromatic heterocycles. The normalized spacial score (nSPS) is 14.1. The van der Waals surface area contributed by atoms with Crippen LogP contribution in [0.2, 0.25) is 0 Å². The van der Waals surface area contributed by atoms with Gasteiger partial charge in [0.2, 0.25) is 0 Å². The van der Waals surface area contributed by atoms with Gasteiger partial charge in [0.05, 0.1) is 6.10 Å². The van der Waals surface area contributed by atoms with Crippen LogP contribution in [0.5, 0.6) is 0 Å². The van der Waals surface area contributed by atoms with Crippen LogP contribution in [-0.2, 0) is 0 Å². The Morgan fingerprint density at radius 2 is 1.89 bits per heavy atom. The molecule has 0 radical (unpaired) electrons. The molecule has 100 valence electrons. The number of carbonyl (C=O) groups excluding carboxylic acids is 1. The highest BCUT2D eigenvalue weighted by molar-refractivity contribution is 5.89. The first kappa shape index (κ1) is 14.5. The van der Waals surface area contributed by atoms with Gasteiger partial charge in [-0.3, -0.25) is 0 Å². The second kappa shape index (κ2) is 6.40. The molecule has 4 nitrogen and oxygen atoms in total. The minimum atomic E-state index is -0.538. The van der Waals surface area contributed by atoms with Crippen LogP contribution in [0.1, 0.15) is 39.4 Å².